The number of hydrogen-bond acceptors (Lipinski definition) is 2. The highest BCUT2D eigenvalue weighted by molar-refractivity contribution is 5.86. The maximum absolute atomic E-state index is 2.24. The average molecular weight is 312 g/mol. The van der Waals surface area contributed by atoms with Crippen molar-refractivity contribution in [2.24, 2.45) is 0 Å². The molecule has 0 unspecified atom stereocenters. The van der Waals surface area contributed by atoms with Gasteiger partial charge in [0, 0.05) is 37.0 Å². The van der Waals surface area contributed by atoms with E-state index >= 15 is 0 Å². The minimum atomic E-state index is 1.19. The first-order valence-corrected chi connectivity index (χ1v) is 8.18. The van der Waals surface area contributed by atoms with E-state index in [2.05, 4.69) is 102 Å². The van der Waals surface area contributed by atoms with Gasteiger partial charge in [-0.2, -0.15) is 0 Å². The molecule has 0 spiro atoms. The standard InChI is InChI=1S/C22H20N2/c1-17-15-21(19-9-12-23(2)13-10-19)11-14-24(17)22-8-7-18-5-3-4-6-20(18)16-22/h3-16H,1-2H3. The van der Waals surface area contributed by atoms with Gasteiger partial charge in [-0.05, 0) is 65.3 Å². The van der Waals surface area contributed by atoms with E-state index in [9.17, 15) is 0 Å². The van der Waals surface area contributed by atoms with Crippen LogP contribution >= 0.6 is 0 Å². The summed E-state index contributed by atoms with van der Waals surface area (Å²) in [5.41, 5.74) is 4.89. The lowest BCUT2D eigenvalue weighted by molar-refractivity contribution is 0.620. The Labute approximate surface area is 143 Å². The molecule has 0 saturated carbocycles. The predicted octanol–water partition coefficient (Wildman–Crippen LogP) is 5.35. The largest absolute Gasteiger partial charge is 0.357 e. The normalized spacial score (nSPS) is 17.0. The number of anilines is 1. The topological polar surface area (TPSA) is 6.48 Å². The van der Waals surface area contributed by atoms with Crippen LogP contribution in [0, 0.1) is 0 Å². The summed E-state index contributed by atoms with van der Waals surface area (Å²) < 4.78 is 0. The van der Waals surface area contributed by atoms with Crippen molar-refractivity contribution in [1.82, 2.24) is 4.90 Å². The molecule has 0 fully saturated rings. The molecule has 2 aliphatic rings. The molecule has 24 heavy (non-hydrogen) atoms. The van der Waals surface area contributed by atoms with E-state index in [4.69, 9.17) is 0 Å². The molecule has 118 valence electrons. The molecule has 0 aliphatic carbocycles. The van der Waals surface area contributed by atoms with Gasteiger partial charge in [0.2, 0.25) is 0 Å². The molecule has 2 nitrogen and oxygen atoms in total. The molecule has 0 atom stereocenters. The molecule has 2 aliphatic heterocycles. The van der Waals surface area contributed by atoms with Gasteiger partial charge in [-0.3, -0.25) is 0 Å². The van der Waals surface area contributed by atoms with Crippen molar-refractivity contribution in [3.8, 4) is 0 Å². The van der Waals surface area contributed by atoms with Crippen LogP contribution in [-0.2, 0) is 0 Å². The molecular weight excluding hydrogens is 292 g/mol. The number of nitrogens with zero attached hydrogens (tertiary/aromatic N) is 2. The van der Waals surface area contributed by atoms with Gasteiger partial charge in [0.15, 0.2) is 0 Å². The Morgan fingerprint density at radius 3 is 2.21 bits per heavy atom. The van der Waals surface area contributed by atoms with Crippen LogP contribution in [0.3, 0.4) is 0 Å². The van der Waals surface area contributed by atoms with E-state index < -0.39 is 0 Å². The first-order chi connectivity index (χ1) is 11.7. The van der Waals surface area contributed by atoms with E-state index in [1.54, 1.807) is 0 Å². The molecule has 2 aromatic carbocycles. The highest BCUT2D eigenvalue weighted by atomic mass is 15.1. The lowest BCUT2D eigenvalue weighted by Crippen LogP contribution is -2.16. The van der Waals surface area contributed by atoms with Gasteiger partial charge in [-0.25, -0.2) is 0 Å². The number of benzene rings is 2. The minimum Gasteiger partial charge on any atom is -0.357 e. The third-order valence-corrected chi connectivity index (χ3v) is 4.47. The maximum Gasteiger partial charge on any atom is 0.0458 e. The summed E-state index contributed by atoms with van der Waals surface area (Å²) in [6, 6.07) is 15.1. The minimum absolute atomic E-state index is 1.19. The van der Waals surface area contributed by atoms with Crippen LogP contribution in [0.25, 0.3) is 10.8 Å². The van der Waals surface area contributed by atoms with Crippen LogP contribution < -0.4 is 4.90 Å². The first-order valence-electron chi connectivity index (χ1n) is 8.18. The Morgan fingerprint density at radius 2 is 1.46 bits per heavy atom. The van der Waals surface area contributed by atoms with E-state index in [-0.39, 0.29) is 0 Å². The van der Waals surface area contributed by atoms with Gasteiger partial charge >= 0.3 is 0 Å². The molecule has 0 bridgehead atoms. The third kappa shape index (κ3) is 2.67. The quantitative estimate of drug-likeness (QED) is 0.700. The average Bonchev–Trinajstić information content (AvgIpc) is 2.62. The molecule has 0 radical (unpaired) electrons. The SMILES string of the molecule is CC1=CC(=C2C=CN(C)C=C2)C=CN1c1ccc2ccccc2c1. The lowest BCUT2D eigenvalue weighted by atomic mass is 10.0. The summed E-state index contributed by atoms with van der Waals surface area (Å²) in [5, 5.41) is 2.54. The summed E-state index contributed by atoms with van der Waals surface area (Å²) in [7, 11) is 2.04. The number of allylic oxidation sites excluding steroid dienone is 7. The van der Waals surface area contributed by atoms with Crippen molar-refractivity contribution in [3.63, 3.8) is 0 Å². The van der Waals surface area contributed by atoms with Crippen molar-refractivity contribution in [2.45, 2.75) is 6.92 Å². The second-order valence-corrected chi connectivity index (χ2v) is 6.21. The van der Waals surface area contributed by atoms with Crippen molar-refractivity contribution >= 4 is 16.5 Å². The van der Waals surface area contributed by atoms with Gasteiger partial charge in [0.25, 0.3) is 0 Å². The number of rotatable bonds is 1. The lowest BCUT2D eigenvalue weighted by Gasteiger charge is -2.26. The van der Waals surface area contributed by atoms with E-state index in [1.165, 1.54) is 33.3 Å². The van der Waals surface area contributed by atoms with Gasteiger partial charge in [-0.15, -0.1) is 0 Å². The van der Waals surface area contributed by atoms with Crippen LogP contribution in [0.15, 0.2) is 102 Å². The van der Waals surface area contributed by atoms with Crippen molar-refractivity contribution in [1.29, 1.82) is 0 Å². The van der Waals surface area contributed by atoms with E-state index in [1.807, 2.05) is 7.05 Å². The molecule has 2 heteroatoms. The second-order valence-electron chi connectivity index (χ2n) is 6.21. The summed E-state index contributed by atoms with van der Waals surface area (Å²) in [4.78, 5) is 4.29. The zero-order valence-electron chi connectivity index (χ0n) is 14.0. The van der Waals surface area contributed by atoms with Gasteiger partial charge in [0.1, 0.15) is 0 Å². The first kappa shape index (κ1) is 14.6. The van der Waals surface area contributed by atoms with Gasteiger partial charge in [0.05, 0.1) is 0 Å². The summed E-state index contributed by atoms with van der Waals surface area (Å²) >= 11 is 0. The van der Waals surface area contributed by atoms with Crippen LogP contribution in [0.2, 0.25) is 0 Å². The third-order valence-electron chi connectivity index (χ3n) is 4.47. The van der Waals surface area contributed by atoms with Crippen molar-refractivity contribution < 1.29 is 0 Å². The fraction of sp³-hybridized carbons (Fsp3) is 0.0909. The Kier molecular flexibility index (Phi) is 3.58. The smallest absolute Gasteiger partial charge is 0.0458 e. The molecule has 0 aromatic heterocycles. The molecule has 0 N–H and O–H groups in total. The number of hydrogen-bond donors (Lipinski definition) is 0. The van der Waals surface area contributed by atoms with Crippen LogP contribution in [0.4, 0.5) is 5.69 Å². The molecule has 2 aromatic rings. The molecule has 0 amide bonds. The second kappa shape index (κ2) is 5.89. The summed E-state index contributed by atoms with van der Waals surface area (Å²) in [6.07, 6.45) is 15.0. The van der Waals surface area contributed by atoms with Crippen LogP contribution in [0.1, 0.15) is 6.92 Å². The van der Waals surface area contributed by atoms with E-state index in [0.717, 1.165) is 0 Å². The van der Waals surface area contributed by atoms with Crippen LogP contribution in [-0.4, -0.2) is 11.9 Å². The summed E-state index contributed by atoms with van der Waals surface area (Å²) in [5.74, 6) is 0. The van der Waals surface area contributed by atoms with Crippen LogP contribution in [0.5, 0.6) is 0 Å². The predicted molar refractivity (Wildman–Crippen MR) is 102 cm³/mol. The zero-order chi connectivity index (χ0) is 16.5. The Hall–Kier alpha value is -3.00. The molecule has 2 heterocycles. The fourth-order valence-electron chi connectivity index (χ4n) is 3.10. The Bertz CT molecular complexity index is 925. The van der Waals surface area contributed by atoms with Gasteiger partial charge in [-0.1, -0.05) is 30.3 Å². The fourth-order valence-corrected chi connectivity index (χ4v) is 3.10. The number of fused-ring (bicyclic) bond motifs is 1. The Morgan fingerprint density at radius 1 is 0.750 bits per heavy atom. The highest BCUT2D eigenvalue weighted by Crippen LogP contribution is 2.29. The highest BCUT2D eigenvalue weighted by Gasteiger charge is 2.12. The van der Waals surface area contributed by atoms with Crippen molar-refractivity contribution in [2.75, 3.05) is 11.9 Å². The van der Waals surface area contributed by atoms with Crippen molar-refractivity contribution in [3.05, 3.63) is 102 Å². The van der Waals surface area contributed by atoms with E-state index in [0.29, 0.717) is 0 Å². The maximum atomic E-state index is 2.24. The molecular formula is C22H20N2. The molecule has 0 saturated heterocycles. The molecule has 4 rings (SSSR count). The summed E-state index contributed by atoms with van der Waals surface area (Å²) in [6.45, 7) is 2.15. The monoisotopic (exact) mass is 312 g/mol. The van der Waals surface area contributed by atoms with Gasteiger partial charge < -0.3 is 9.80 Å². The Balaban J connectivity index is 1.68. The zero-order valence-corrected chi connectivity index (χ0v) is 14.0.